The van der Waals surface area contributed by atoms with Gasteiger partial charge in [-0.1, -0.05) is 93.0 Å². The number of rotatable bonds is 2. The molecule has 0 bridgehead atoms. The molecule has 0 saturated carbocycles. The molecular weight excluding hydrogens is 300 g/mol. The van der Waals surface area contributed by atoms with Gasteiger partial charge in [0.15, 0.2) is 0 Å². The molecule has 3 rings (SSSR count). The van der Waals surface area contributed by atoms with Crippen LogP contribution >= 0.6 is 11.6 Å². The van der Waals surface area contributed by atoms with Gasteiger partial charge in [0.2, 0.25) is 0 Å². The van der Waals surface area contributed by atoms with Crippen LogP contribution in [0, 0.1) is 0 Å². The first kappa shape index (κ1) is 15.8. The molecule has 0 amide bonds. The topological polar surface area (TPSA) is 0 Å². The first-order valence-corrected chi connectivity index (χ1v) is 8.29. The lowest BCUT2D eigenvalue weighted by Gasteiger charge is -2.19. The normalized spacial score (nSPS) is 11.5. The molecule has 3 aromatic rings. The van der Waals surface area contributed by atoms with Crippen molar-refractivity contribution in [3.05, 3.63) is 83.4 Å². The van der Waals surface area contributed by atoms with E-state index in [0.717, 1.165) is 16.1 Å². The van der Waals surface area contributed by atoms with E-state index in [4.69, 9.17) is 11.6 Å². The Bertz CT molecular complexity index is 794. The molecule has 0 saturated heterocycles. The van der Waals surface area contributed by atoms with Gasteiger partial charge in [0.25, 0.3) is 0 Å². The predicted octanol–water partition coefficient (Wildman–Crippen LogP) is 6.97. The molecule has 3 aromatic carbocycles. The second kappa shape index (κ2) is 6.22. The van der Waals surface area contributed by atoms with Crippen LogP contribution in [0.2, 0.25) is 5.02 Å². The van der Waals surface area contributed by atoms with Crippen molar-refractivity contribution < 1.29 is 0 Å². The minimum Gasteiger partial charge on any atom is -0.0837 e. The third kappa shape index (κ3) is 3.48. The Morgan fingerprint density at radius 2 is 1.26 bits per heavy atom. The standard InChI is InChI=1S/C22H21Cl/c1-22(2,3)19-12-9-17(10-13-19)20-15-18(11-14-21(20)23)16-7-5-4-6-8-16/h4-15H,1-3H3. The number of halogens is 1. The summed E-state index contributed by atoms with van der Waals surface area (Å²) < 4.78 is 0. The van der Waals surface area contributed by atoms with Crippen LogP contribution in [0.25, 0.3) is 22.3 Å². The highest BCUT2D eigenvalue weighted by Crippen LogP contribution is 2.33. The molecule has 116 valence electrons. The second-order valence-electron chi connectivity index (χ2n) is 6.89. The molecule has 0 atom stereocenters. The molecule has 0 aromatic heterocycles. The van der Waals surface area contributed by atoms with Gasteiger partial charge in [-0.3, -0.25) is 0 Å². The summed E-state index contributed by atoms with van der Waals surface area (Å²) in [5.74, 6) is 0. The fourth-order valence-electron chi connectivity index (χ4n) is 2.71. The molecule has 0 aliphatic rings. The zero-order chi connectivity index (χ0) is 16.4. The molecule has 0 fully saturated rings. The molecule has 0 N–H and O–H groups in total. The van der Waals surface area contributed by atoms with Crippen LogP contribution in [0.15, 0.2) is 72.8 Å². The SMILES string of the molecule is CC(C)(C)c1ccc(-c2cc(-c3ccccc3)ccc2Cl)cc1. The van der Waals surface area contributed by atoms with E-state index in [2.05, 4.69) is 81.4 Å². The lowest BCUT2D eigenvalue weighted by atomic mass is 9.86. The summed E-state index contributed by atoms with van der Waals surface area (Å²) in [6.07, 6.45) is 0. The average molecular weight is 321 g/mol. The summed E-state index contributed by atoms with van der Waals surface area (Å²) in [5.41, 5.74) is 6.11. The second-order valence-corrected chi connectivity index (χ2v) is 7.30. The molecule has 0 aliphatic heterocycles. The van der Waals surface area contributed by atoms with Gasteiger partial charge in [-0.15, -0.1) is 0 Å². The van der Waals surface area contributed by atoms with Gasteiger partial charge < -0.3 is 0 Å². The van der Waals surface area contributed by atoms with E-state index in [1.165, 1.54) is 16.7 Å². The fourth-order valence-corrected chi connectivity index (χ4v) is 2.93. The van der Waals surface area contributed by atoms with Crippen molar-refractivity contribution in [2.45, 2.75) is 26.2 Å². The van der Waals surface area contributed by atoms with Crippen molar-refractivity contribution >= 4 is 11.6 Å². The number of hydrogen-bond acceptors (Lipinski definition) is 0. The van der Waals surface area contributed by atoms with Gasteiger partial charge in [-0.05, 0) is 39.8 Å². The van der Waals surface area contributed by atoms with Crippen LogP contribution in [0.1, 0.15) is 26.3 Å². The molecule has 0 radical (unpaired) electrons. The Balaban J connectivity index is 2.03. The summed E-state index contributed by atoms with van der Waals surface area (Å²) >= 11 is 6.45. The van der Waals surface area contributed by atoms with Crippen molar-refractivity contribution in [3.63, 3.8) is 0 Å². The lowest BCUT2D eigenvalue weighted by Crippen LogP contribution is -2.10. The van der Waals surface area contributed by atoms with E-state index in [1.807, 2.05) is 12.1 Å². The van der Waals surface area contributed by atoms with Gasteiger partial charge in [-0.2, -0.15) is 0 Å². The molecule has 0 spiro atoms. The minimum absolute atomic E-state index is 0.161. The molecule has 0 aliphatic carbocycles. The first-order chi connectivity index (χ1) is 10.9. The monoisotopic (exact) mass is 320 g/mol. The Kier molecular flexibility index (Phi) is 4.28. The molecular formula is C22H21Cl. The van der Waals surface area contributed by atoms with Gasteiger partial charge in [-0.25, -0.2) is 0 Å². The van der Waals surface area contributed by atoms with E-state index >= 15 is 0 Å². The van der Waals surface area contributed by atoms with Crippen molar-refractivity contribution in [3.8, 4) is 22.3 Å². The van der Waals surface area contributed by atoms with Gasteiger partial charge >= 0.3 is 0 Å². The van der Waals surface area contributed by atoms with Crippen LogP contribution in [0.3, 0.4) is 0 Å². The highest BCUT2D eigenvalue weighted by molar-refractivity contribution is 6.33. The largest absolute Gasteiger partial charge is 0.0837 e. The third-order valence-corrected chi connectivity index (χ3v) is 4.47. The fraction of sp³-hybridized carbons (Fsp3) is 0.182. The highest BCUT2D eigenvalue weighted by atomic mass is 35.5. The predicted molar refractivity (Wildman–Crippen MR) is 101 cm³/mol. The van der Waals surface area contributed by atoms with Crippen LogP contribution < -0.4 is 0 Å². The molecule has 0 unspecified atom stereocenters. The molecule has 1 heteroatoms. The summed E-state index contributed by atoms with van der Waals surface area (Å²) in [5, 5.41) is 0.785. The van der Waals surface area contributed by atoms with E-state index in [9.17, 15) is 0 Å². The number of hydrogen-bond donors (Lipinski definition) is 0. The van der Waals surface area contributed by atoms with Crippen LogP contribution in [-0.2, 0) is 5.41 Å². The van der Waals surface area contributed by atoms with E-state index in [-0.39, 0.29) is 5.41 Å². The van der Waals surface area contributed by atoms with E-state index in [0.29, 0.717) is 0 Å². The van der Waals surface area contributed by atoms with Crippen LogP contribution in [0.5, 0.6) is 0 Å². The summed E-state index contributed by atoms with van der Waals surface area (Å²) in [4.78, 5) is 0. The Morgan fingerprint density at radius 3 is 1.87 bits per heavy atom. The van der Waals surface area contributed by atoms with Crippen LogP contribution in [0.4, 0.5) is 0 Å². The zero-order valence-corrected chi connectivity index (χ0v) is 14.6. The van der Waals surface area contributed by atoms with Crippen molar-refractivity contribution in [1.82, 2.24) is 0 Å². The maximum atomic E-state index is 6.45. The summed E-state index contributed by atoms with van der Waals surface area (Å²) in [6, 6.07) is 25.3. The average Bonchev–Trinajstić information content (AvgIpc) is 2.55. The maximum Gasteiger partial charge on any atom is 0.0484 e. The van der Waals surface area contributed by atoms with Crippen LogP contribution in [-0.4, -0.2) is 0 Å². The summed E-state index contributed by atoms with van der Waals surface area (Å²) in [6.45, 7) is 6.68. The van der Waals surface area contributed by atoms with Gasteiger partial charge in [0, 0.05) is 10.6 Å². The third-order valence-electron chi connectivity index (χ3n) is 4.14. The maximum absolute atomic E-state index is 6.45. The number of benzene rings is 3. The quantitative estimate of drug-likeness (QED) is 0.478. The van der Waals surface area contributed by atoms with Crippen molar-refractivity contribution in [1.29, 1.82) is 0 Å². The molecule has 0 heterocycles. The zero-order valence-electron chi connectivity index (χ0n) is 13.8. The first-order valence-electron chi connectivity index (χ1n) is 7.91. The Labute approximate surface area is 143 Å². The molecule has 0 nitrogen and oxygen atoms in total. The Hall–Kier alpha value is -2.05. The smallest absolute Gasteiger partial charge is 0.0484 e. The van der Waals surface area contributed by atoms with Gasteiger partial charge in [0.1, 0.15) is 0 Å². The van der Waals surface area contributed by atoms with Crippen molar-refractivity contribution in [2.24, 2.45) is 0 Å². The Morgan fingerprint density at radius 1 is 0.652 bits per heavy atom. The van der Waals surface area contributed by atoms with E-state index < -0.39 is 0 Å². The van der Waals surface area contributed by atoms with Gasteiger partial charge in [0.05, 0.1) is 0 Å². The van der Waals surface area contributed by atoms with E-state index in [1.54, 1.807) is 0 Å². The minimum atomic E-state index is 0.161. The van der Waals surface area contributed by atoms with Crippen molar-refractivity contribution in [2.75, 3.05) is 0 Å². The summed E-state index contributed by atoms with van der Waals surface area (Å²) in [7, 11) is 0. The molecule has 23 heavy (non-hydrogen) atoms. The highest BCUT2D eigenvalue weighted by Gasteiger charge is 2.14. The lowest BCUT2D eigenvalue weighted by molar-refractivity contribution is 0.590.